The molecule has 0 aromatic heterocycles. The zero-order valence-electron chi connectivity index (χ0n) is 7.46. The van der Waals surface area contributed by atoms with E-state index in [2.05, 4.69) is 21.2 Å². The molecule has 1 heterocycles. The molecule has 2 rings (SSSR count). The number of halogens is 1. The fraction of sp³-hybridized carbons (Fsp3) is 0.300. The van der Waals surface area contributed by atoms with Crippen molar-refractivity contribution in [1.29, 1.82) is 0 Å². The van der Waals surface area contributed by atoms with Crippen molar-refractivity contribution >= 4 is 21.8 Å². The fourth-order valence-electron chi connectivity index (χ4n) is 1.65. The molecule has 1 aromatic rings. The van der Waals surface area contributed by atoms with Gasteiger partial charge in [-0.05, 0) is 24.6 Å². The van der Waals surface area contributed by atoms with Crippen LogP contribution in [0.2, 0.25) is 0 Å². The highest BCUT2D eigenvalue weighted by atomic mass is 79.9. The maximum Gasteiger partial charge on any atom is 0.220 e. The Morgan fingerprint density at radius 1 is 1.50 bits per heavy atom. The summed E-state index contributed by atoms with van der Waals surface area (Å²) in [5.41, 5.74) is 0.783. The van der Waals surface area contributed by atoms with Crippen molar-refractivity contribution in [3.05, 3.63) is 28.2 Å². The molecule has 0 radical (unpaired) electrons. The van der Waals surface area contributed by atoms with E-state index in [-0.39, 0.29) is 17.7 Å². The minimum atomic E-state index is -0.0417. The maximum atomic E-state index is 11.0. The number of carbonyl (C=O) groups excluding carboxylic acids is 1. The second kappa shape index (κ2) is 3.61. The number of rotatable bonds is 1. The normalized spacial score (nSPS) is 20.9. The topological polar surface area (TPSA) is 49.3 Å². The minimum Gasteiger partial charge on any atom is -0.508 e. The molecule has 0 bridgehead atoms. The van der Waals surface area contributed by atoms with E-state index in [1.807, 2.05) is 6.07 Å². The summed E-state index contributed by atoms with van der Waals surface area (Å²) in [5, 5.41) is 12.4. The molecule has 0 aliphatic carbocycles. The fourth-order valence-corrected chi connectivity index (χ4v) is 2.03. The Bertz CT molecular complexity index is 378. The molecular formula is C10H10BrNO2. The summed E-state index contributed by atoms with van der Waals surface area (Å²) in [7, 11) is 0. The second-order valence-electron chi connectivity index (χ2n) is 3.36. The predicted molar refractivity (Wildman–Crippen MR) is 55.9 cm³/mol. The van der Waals surface area contributed by atoms with Gasteiger partial charge in [0.15, 0.2) is 0 Å². The molecule has 1 amide bonds. The first kappa shape index (κ1) is 9.52. The van der Waals surface area contributed by atoms with E-state index < -0.39 is 0 Å². The van der Waals surface area contributed by atoms with Gasteiger partial charge < -0.3 is 10.4 Å². The van der Waals surface area contributed by atoms with Crippen LogP contribution in [-0.2, 0) is 4.79 Å². The molecule has 4 heteroatoms. The molecule has 14 heavy (non-hydrogen) atoms. The zero-order chi connectivity index (χ0) is 10.1. The van der Waals surface area contributed by atoms with Gasteiger partial charge in [-0.15, -0.1) is 0 Å². The van der Waals surface area contributed by atoms with Crippen molar-refractivity contribution in [2.75, 3.05) is 0 Å². The first-order valence-corrected chi connectivity index (χ1v) is 5.24. The lowest BCUT2D eigenvalue weighted by Gasteiger charge is -2.12. The average Bonchev–Trinajstić information content (AvgIpc) is 2.56. The highest BCUT2D eigenvalue weighted by Crippen LogP contribution is 2.32. The van der Waals surface area contributed by atoms with Crippen LogP contribution in [0, 0.1) is 0 Å². The van der Waals surface area contributed by atoms with E-state index in [4.69, 9.17) is 0 Å². The highest BCUT2D eigenvalue weighted by molar-refractivity contribution is 9.10. The van der Waals surface area contributed by atoms with Crippen LogP contribution in [0.1, 0.15) is 24.4 Å². The lowest BCUT2D eigenvalue weighted by atomic mass is 10.0. The Morgan fingerprint density at radius 2 is 2.29 bits per heavy atom. The lowest BCUT2D eigenvalue weighted by molar-refractivity contribution is -0.119. The predicted octanol–water partition coefficient (Wildman–Crippen LogP) is 2.11. The smallest absolute Gasteiger partial charge is 0.220 e. The van der Waals surface area contributed by atoms with Gasteiger partial charge in [0.05, 0.1) is 6.04 Å². The van der Waals surface area contributed by atoms with Crippen LogP contribution in [0.4, 0.5) is 0 Å². The van der Waals surface area contributed by atoms with Gasteiger partial charge in [-0.2, -0.15) is 0 Å². The first-order valence-electron chi connectivity index (χ1n) is 4.44. The first-order chi connectivity index (χ1) is 6.66. The molecule has 2 N–H and O–H groups in total. The molecule has 0 unspecified atom stereocenters. The molecule has 74 valence electrons. The Balaban J connectivity index is 2.31. The highest BCUT2D eigenvalue weighted by Gasteiger charge is 2.24. The van der Waals surface area contributed by atoms with Crippen LogP contribution in [0.5, 0.6) is 5.75 Å². The van der Waals surface area contributed by atoms with Crippen molar-refractivity contribution in [1.82, 2.24) is 5.32 Å². The second-order valence-corrected chi connectivity index (χ2v) is 4.28. The van der Waals surface area contributed by atoms with E-state index in [1.165, 1.54) is 0 Å². The number of amides is 1. The molecule has 1 fully saturated rings. The van der Waals surface area contributed by atoms with Crippen molar-refractivity contribution in [2.45, 2.75) is 18.9 Å². The van der Waals surface area contributed by atoms with Gasteiger partial charge in [0.1, 0.15) is 5.75 Å². The van der Waals surface area contributed by atoms with E-state index in [1.54, 1.807) is 12.1 Å². The van der Waals surface area contributed by atoms with E-state index in [9.17, 15) is 9.90 Å². The summed E-state index contributed by atoms with van der Waals surface area (Å²) in [6.07, 6.45) is 1.29. The summed E-state index contributed by atoms with van der Waals surface area (Å²) in [5.74, 6) is 0.287. The molecule has 1 aliphatic heterocycles. The van der Waals surface area contributed by atoms with Gasteiger partial charge in [-0.25, -0.2) is 0 Å². The number of phenols is 1. The average molecular weight is 256 g/mol. The number of aromatic hydroxyl groups is 1. The molecule has 1 saturated heterocycles. The van der Waals surface area contributed by atoms with Gasteiger partial charge in [0.25, 0.3) is 0 Å². The standard InChI is InChI=1S/C10H10BrNO2/c11-6-1-3-9(13)7(5-6)8-2-4-10(14)12-8/h1,3,5,8,13H,2,4H2,(H,12,14)/t8-/m1/s1. The monoisotopic (exact) mass is 255 g/mol. The van der Waals surface area contributed by atoms with Crippen LogP contribution in [0.15, 0.2) is 22.7 Å². The van der Waals surface area contributed by atoms with Gasteiger partial charge in [0.2, 0.25) is 5.91 Å². The summed E-state index contributed by atoms with van der Waals surface area (Å²) >= 11 is 3.33. The van der Waals surface area contributed by atoms with Crippen LogP contribution in [-0.4, -0.2) is 11.0 Å². The molecule has 1 aromatic carbocycles. The van der Waals surface area contributed by atoms with Gasteiger partial charge >= 0.3 is 0 Å². The number of hydrogen-bond acceptors (Lipinski definition) is 2. The number of carbonyl (C=O) groups is 1. The summed E-state index contributed by atoms with van der Waals surface area (Å²) in [4.78, 5) is 11.0. The molecule has 0 spiro atoms. The van der Waals surface area contributed by atoms with Crippen molar-refractivity contribution in [2.24, 2.45) is 0 Å². The summed E-state index contributed by atoms with van der Waals surface area (Å²) < 4.78 is 0.909. The van der Waals surface area contributed by atoms with Crippen LogP contribution < -0.4 is 5.32 Å². The molecular weight excluding hydrogens is 246 g/mol. The van der Waals surface area contributed by atoms with Crippen LogP contribution in [0.25, 0.3) is 0 Å². The van der Waals surface area contributed by atoms with Crippen molar-refractivity contribution in [3.8, 4) is 5.75 Å². The largest absolute Gasteiger partial charge is 0.508 e. The van der Waals surface area contributed by atoms with Crippen molar-refractivity contribution < 1.29 is 9.90 Å². The summed E-state index contributed by atoms with van der Waals surface area (Å²) in [6.45, 7) is 0. The molecule has 3 nitrogen and oxygen atoms in total. The summed E-state index contributed by atoms with van der Waals surface area (Å²) in [6, 6.07) is 5.20. The Kier molecular flexibility index (Phi) is 2.46. The third-order valence-electron chi connectivity index (χ3n) is 2.36. The SMILES string of the molecule is O=C1CC[C@H](c2cc(Br)ccc2O)N1. The zero-order valence-corrected chi connectivity index (χ0v) is 9.04. The van der Waals surface area contributed by atoms with Crippen LogP contribution in [0.3, 0.4) is 0 Å². The third kappa shape index (κ3) is 1.75. The number of benzene rings is 1. The lowest BCUT2D eigenvalue weighted by Crippen LogP contribution is -2.18. The Hall–Kier alpha value is -1.03. The Labute approximate surface area is 90.3 Å². The van der Waals surface area contributed by atoms with Gasteiger partial charge in [-0.3, -0.25) is 4.79 Å². The van der Waals surface area contributed by atoms with E-state index in [0.717, 1.165) is 16.5 Å². The van der Waals surface area contributed by atoms with E-state index >= 15 is 0 Å². The van der Waals surface area contributed by atoms with Crippen LogP contribution >= 0.6 is 15.9 Å². The Morgan fingerprint density at radius 3 is 2.93 bits per heavy atom. The van der Waals surface area contributed by atoms with Crippen molar-refractivity contribution in [3.63, 3.8) is 0 Å². The molecule has 0 saturated carbocycles. The molecule has 1 atom stereocenters. The molecule has 1 aliphatic rings. The van der Waals surface area contributed by atoms with Gasteiger partial charge in [-0.1, -0.05) is 15.9 Å². The van der Waals surface area contributed by atoms with Gasteiger partial charge in [0, 0.05) is 16.5 Å². The number of phenolic OH excluding ortho intramolecular Hbond substituents is 1. The maximum absolute atomic E-state index is 11.0. The number of hydrogen-bond donors (Lipinski definition) is 2. The minimum absolute atomic E-state index is 0.0417. The quantitative estimate of drug-likeness (QED) is 0.808. The third-order valence-corrected chi connectivity index (χ3v) is 2.85. The number of nitrogens with one attached hydrogen (secondary N) is 1. The van der Waals surface area contributed by atoms with E-state index in [0.29, 0.717) is 6.42 Å².